The van der Waals surface area contributed by atoms with Crippen molar-refractivity contribution >= 4 is 21.8 Å². The van der Waals surface area contributed by atoms with E-state index in [1.54, 1.807) is 6.33 Å². The molecule has 2 N–H and O–H groups in total. The van der Waals surface area contributed by atoms with Gasteiger partial charge in [0.25, 0.3) is 0 Å². The van der Waals surface area contributed by atoms with Crippen molar-refractivity contribution in [3.63, 3.8) is 0 Å². The highest BCUT2D eigenvalue weighted by atomic mass is 16.3. The van der Waals surface area contributed by atoms with E-state index in [2.05, 4.69) is 44.5 Å². The minimum absolute atomic E-state index is 0.0992. The Kier molecular flexibility index (Phi) is 3.95. The molecule has 0 bridgehead atoms. The second-order valence-electron chi connectivity index (χ2n) is 6.99. The van der Waals surface area contributed by atoms with Crippen molar-refractivity contribution in [2.24, 2.45) is 7.05 Å². The number of nitrogens with one attached hydrogen (secondary N) is 1. The van der Waals surface area contributed by atoms with Crippen LogP contribution >= 0.6 is 0 Å². The molecule has 0 aliphatic carbocycles. The number of hydrogen-bond acceptors (Lipinski definition) is 4. The highest BCUT2D eigenvalue weighted by molar-refractivity contribution is 5.86. The van der Waals surface area contributed by atoms with Crippen LogP contribution in [0, 0.1) is 0 Å². The monoisotopic (exact) mass is 372 g/mol. The van der Waals surface area contributed by atoms with Crippen molar-refractivity contribution in [3.05, 3.63) is 66.4 Å². The smallest absolute Gasteiger partial charge is 0.0954 e. The first-order chi connectivity index (χ1) is 13.7. The van der Waals surface area contributed by atoms with Crippen molar-refractivity contribution in [2.75, 3.05) is 6.61 Å². The van der Waals surface area contributed by atoms with Crippen LogP contribution in [-0.2, 0) is 20.0 Å². The molecule has 28 heavy (non-hydrogen) atoms. The summed E-state index contributed by atoms with van der Waals surface area (Å²) in [6, 6.07) is 12.6. The number of aromatic amines is 1. The van der Waals surface area contributed by atoms with Crippen LogP contribution in [0.2, 0.25) is 0 Å². The molecule has 0 saturated carbocycles. The summed E-state index contributed by atoms with van der Waals surface area (Å²) in [5.41, 5.74) is 6.28. The molecular weight excluding hydrogens is 352 g/mol. The molecular formula is C21H20N6O. The summed E-state index contributed by atoms with van der Waals surface area (Å²) in [6.45, 7) is 0.644. The summed E-state index contributed by atoms with van der Waals surface area (Å²) >= 11 is 0. The van der Waals surface area contributed by atoms with E-state index in [1.165, 1.54) is 5.56 Å². The lowest BCUT2D eigenvalue weighted by Crippen LogP contribution is -1.97. The maximum Gasteiger partial charge on any atom is 0.0954 e. The van der Waals surface area contributed by atoms with Gasteiger partial charge < -0.3 is 9.67 Å². The normalized spacial score (nSPS) is 11.6. The molecule has 0 fully saturated rings. The van der Waals surface area contributed by atoms with Gasteiger partial charge in [-0.05, 0) is 29.8 Å². The molecule has 7 heteroatoms. The predicted octanol–water partition coefficient (Wildman–Crippen LogP) is 2.90. The fraction of sp³-hybridized carbons (Fsp3) is 0.190. The van der Waals surface area contributed by atoms with Crippen molar-refractivity contribution < 1.29 is 5.11 Å². The van der Waals surface area contributed by atoms with Crippen molar-refractivity contribution in [2.45, 2.75) is 13.0 Å². The lowest BCUT2D eigenvalue weighted by molar-refractivity contribution is 0.276. The summed E-state index contributed by atoms with van der Waals surface area (Å²) < 4.78 is 3.77. The lowest BCUT2D eigenvalue weighted by atomic mass is 10.0. The molecule has 0 saturated heterocycles. The maximum absolute atomic E-state index is 9.09. The van der Waals surface area contributed by atoms with Crippen molar-refractivity contribution in [3.8, 4) is 11.3 Å². The van der Waals surface area contributed by atoms with Gasteiger partial charge in [-0.2, -0.15) is 10.2 Å². The third-order valence-electron chi connectivity index (χ3n) is 5.11. The van der Waals surface area contributed by atoms with Crippen molar-refractivity contribution in [1.29, 1.82) is 0 Å². The quantitative estimate of drug-likeness (QED) is 0.497. The van der Waals surface area contributed by atoms with Gasteiger partial charge in [-0.3, -0.25) is 9.78 Å². The van der Waals surface area contributed by atoms with Gasteiger partial charge in [-0.1, -0.05) is 12.1 Å². The molecule has 7 nitrogen and oxygen atoms in total. The average molecular weight is 372 g/mol. The number of fused-ring (bicyclic) bond motifs is 2. The van der Waals surface area contributed by atoms with Crippen LogP contribution in [0.1, 0.15) is 11.3 Å². The van der Waals surface area contributed by atoms with Gasteiger partial charge in [0.15, 0.2) is 0 Å². The number of aliphatic hydroxyl groups is 1. The van der Waals surface area contributed by atoms with Gasteiger partial charge in [0, 0.05) is 48.2 Å². The Bertz CT molecular complexity index is 1280. The van der Waals surface area contributed by atoms with E-state index < -0.39 is 0 Å². The van der Waals surface area contributed by atoms with Crippen LogP contribution in [0.25, 0.3) is 33.1 Å². The molecule has 5 rings (SSSR count). The van der Waals surface area contributed by atoms with Crippen LogP contribution in [0.5, 0.6) is 0 Å². The van der Waals surface area contributed by atoms with Crippen LogP contribution in [0.3, 0.4) is 0 Å². The summed E-state index contributed by atoms with van der Waals surface area (Å²) in [7, 11) is 1.95. The second kappa shape index (κ2) is 6.61. The van der Waals surface area contributed by atoms with Crippen LogP contribution < -0.4 is 0 Å². The highest BCUT2D eigenvalue weighted by Gasteiger charge is 2.10. The molecule has 0 spiro atoms. The number of aryl methyl sites for hydroxylation is 1. The van der Waals surface area contributed by atoms with E-state index in [-0.39, 0.29) is 6.61 Å². The summed E-state index contributed by atoms with van der Waals surface area (Å²) in [4.78, 5) is 4.46. The van der Waals surface area contributed by atoms with E-state index in [0.717, 1.165) is 45.2 Å². The minimum Gasteiger partial charge on any atom is -0.395 e. The number of benzene rings is 2. The van der Waals surface area contributed by atoms with Crippen molar-refractivity contribution in [1.82, 2.24) is 29.5 Å². The molecule has 0 radical (unpaired) electrons. The Labute approximate surface area is 161 Å². The number of nitrogens with zero attached hydrogens (tertiary/aromatic N) is 5. The molecule has 3 aromatic heterocycles. The third kappa shape index (κ3) is 2.86. The zero-order valence-corrected chi connectivity index (χ0v) is 15.5. The number of rotatable bonds is 5. The van der Waals surface area contributed by atoms with E-state index in [4.69, 9.17) is 5.11 Å². The number of aromatic nitrogens is 6. The number of hydrogen-bond donors (Lipinski definition) is 2. The minimum atomic E-state index is 0.0992. The molecule has 0 amide bonds. The topological polar surface area (TPSA) is 84.5 Å². The van der Waals surface area contributed by atoms with Gasteiger partial charge in [0.1, 0.15) is 0 Å². The first kappa shape index (κ1) is 16.7. The summed E-state index contributed by atoms with van der Waals surface area (Å²) in [5.74, 6) is 0. The van der Waals surface area contributed by atoms with E-state index in [0.29, 0.717) is 6.54 Å². The van der Waals surface area contributed by atoms with Crippen LogP contribution in [0.4, 0.5) is 0 Å². The fourth-order valence-electron chi connectivity index (χ4n) is 3.63. The molecule has 0 aliphatic rings. The molecule has 3 heterocycles. The Morgan fingerprint density at radius 2 is 2.07 bits per heavy atom. The highest BCUT2D eigenvalue weighted by Crippen LogP contribution is 2.26. The number of imidazole rings is 1. The van der Waals surface area contributed by atoms with Gasteiger partial charge in [-0.15, -0.1) is 0 Å². The van der Waals surface area contributed by atoms with Gasteiger partial charge in [-0.25, -0.2) is 4.98 Å². The van der Waals surface area contributed by atoms with Gasteiger partial charge in [0.2, 0.25) is 0 Å². The maximum atomic E-state index is 9.09. The SMILES string of the molecule is Cn1ncc2cc(Cc3[nH]nc4ccc(-c5cn(CCO)cn5)cc34)ccc21. The van der Waals surface area contributed by atoms with E-state index >= 15 is 0 Å². The average Bonchev–Trinajstić information content (AvgIpc) is 3.42. The lowest BCUT2D eigenvalue weighted by Gasteiger charge is -2.03. The Balaban J connectivity index is 1.50. The molecule has 2 aromatic carbocycles. The largest absolute Gasteiger partial charge is 0.395 e. The third-order valence-corrected chi connectivity index (χ3v) is 5.11. The zero-order valence-electron chi connectivity index (χ0n) is 15.5. The zero-order chi connectivity index (χ0) is 19.1. The molecule has 140 valence electrons. The first-order valence-electron chi connectivity index (χ1n) is 9.22. The van der Waals surface area contributed by atoms with Crippen LogP contribution in [-0.4, -0.2) is 41.2 Å². The summed E-state index contributed by atoms with van der Waals surface area (Å²) in [5, 5.41) is 23.3. The Hall–Kier alpha value is -3.45. The second-order valence-corrected chi connectivity index (χ2v) is 6.99. The standard InChI is InChI=1S/C21H20N6O/c1-26-21-5-2-14(8-16(21)11-23-26)9-19-17-10-15(3-4-18(17)24-25-19)20-12-27(6-7-28)13-22-20/h2-5,8,10-13,28H,6-7,9H2,1H3,(H,24,25). The first-order valence-corrected chi connectivity index (χ1v) is 9.22. The molecule has 5 aromatic rings. The molecule has 0 aliphatic heterocycles. The molecule has 0 unspecified atom stereocenters. The molecule has 0 atom stereocenters. The Morgan fingerprint density at radius 1 is 1.14 bits per heavy atom. The number of H-pyrrole nitrogens is 1. The van der Waals surface area contributed by atoms with E-state index in [1.807, 2.05) is 40.8 Å². The number of aliphatic hydroxyl groups excluding tert-OH is 1. The van der Waals surface area contributed by atoms with Crippen LogP contribution in [0.15, 0.2) is 55.1 Å². The summed E-state index contributed by atoms with van der Waals surface area (Å²) in [6.07, 6.45) is 6.36. The van der Waals surface area contributed by atoms with Gasteiger partial charge in [0.05, 0.1) is 35.9 Å². The fourth-order valence-corrected chi connectivity index (χ4v) is 3.63. The van der Waals surface area contributed by atoms with Gasteiger partial charge >= 0.3 is 0 Å². The Morgan fingerprint density at radius 3 is 2.96 bits per heavy atom. The predicted molar refractivity (Wildman–Crippen MR) is 108 cm³/mol. The van der Waals surface area contributed by atoms with E-state index in [9.17, 15) is 0 Å².